The Balaban J connectivity index is 2.38. The van der Waals surface area contributed by atoms with Crippen molar-refractivity contribution in [3.05, 3.63) is 59.3 Å². The summed E-state index contributed by atoms with van der Waals surface area (Å²) in [5, 5.41) is 0. The highest BCUT2D eigenvalue weighted by Gasteiger charge is 2.51. The fourth-order valence-corrected chi connectivity index (χ4v) is 2.75. The van der Waals surface area contributed by atoms with Crippen LogP contribution in [0.25, 0.3) is 0 Å². The number of aryl methyl sites for hydroxylation is 2. The summed E-state index contributed by atoms with van der Waals surface area (Å²) in [5.74, 6) is -0.223. The van der Waals surface area contributed by atoms with E-state index in [9.17, 15) is 9.59 Å². The minimum atomic E-state index is -0.882. The van der Waals surface area contributed by atoms with Crippen LogP contribution in [0.2, 0.25) is 0 Å². The van der Waals surface area contributed by atoms with E-state index < -0.39 is 5.54 Å². The SMILES string of the molecule is C=C/C(=C\C)N1C(=O)N(Cc2ccc(C)c(C)c2)C(C)(C)C1=O. The van der Waals surface area contributed by atoms with Crippen LogP contribution < -0.4 is 0 Å². The van der Waals surface area contributed by atoms with Crippen molar-refractivity contribution in [1.82, 2.24) is 9.80 Å². The molecule has 1 fully saturated rings. The van der Waals surface area contributed by atoms with Gasteiger partial charge >= 0.3 is 6.03 Å². The number of rotatable bonds is 4. The van der Waals surface area contributed by atoms with Crippen LogP contribution in [0.15, 0.2) is 42.6 Å². The molecule has 0 radical (unpaired) electrons. The minimum absolute atomic E-state index is 0.223. The molecule has 4 heteroatoms. The van der Waals surface area contributed by atoms with Gasteiger partial charge in [-0.15, -0.1) is 0 Å². The highest BCUT2D eigenvalue weighted by Crippen LogP contribution is 2.32. The normalized spacial score (nSPS) is 17.9. The lowest BCUT2D eigenvalue weighted by atomic mass is 10.0. The number of carbonyl (C=O) groups excluding carboxylic acids is 2. The summed E-state index contributed by atoms with van der Waals surface area (Å²) >= 11 is 0. The third-order valence-electron chi connectivity index (χ3n) is 4.50. The summed E-state index contributed by atoms with van der Waals surface area (Å²) in [5.41, 5.74) is 3.05. The lowest BCUT2D eigenvalue weighted by Gasteiger charge is -2.28. The van der Waals surface area contributed by atoms with Crippen molar-refractivity contribution in [2.45, 2.75) is 46.7 Å². The number of nitrogens with zero attached hydrogens (tertiary/aromatic N) is 2. The molecule has 0 unspecified atom stereocenters. The number of hydrogen-bond acceptors (Lipinski definition) is 2. The fraction of sp³-hybridized carbons (Fsp3) is 0.368. The van der Waals surface area contributed by atoms with Crippen molar-refractivity contribution in [3.8, 4) is 0 Å². The Morgan fingerprint density at radius 1 is 1.22 bits per heavy atom. The lowest BCUT2D eigenvalue weighted by Crippen LogP contribution is -2.43. The molecule has 23 heavy (non-hydrogen) atoms. The van der Waals surface area contributed by atoms with Crippen LogP contribution >= 0.6 is 0 Å². The summed E-state index contributed by atoms with van der Waals surface area (Å²) in [7, 11) is 0. The van der Waals surface area contributed by atoms with Gasteiger partial charge in [-0.1, -0.05) is 30.9 Å². The predicted octanol–water partition coefficient (Wildman–Crippen LogP) is 3.94. The molecule has 1 heterocycles. The fourth-order valence-electron chi connectivity index (χ4n) is 2.75. The molecule has 4 nitrogen and oxygen atoms in total. The molecule has 0 atom stereocenters. The number of allylic oxidation sites excluding steroid dienone is 2. The van der Waals surface area contributed by atoms with E-state index in [4.69, 9.17) is 0 Å². The summed E-state index contributed by atoms with van der Waals surface area (Å²) in [6.07, 6.45) is 3.25. The molecule has 3 amide bonds. The molecule has 1 saturated heterocycles. The van der Waals surface area contributed by atoms with Gasteiger partial charge in [0.05, 0.1) is 0 Å². The molecule has 2 rings (SSSR count). The highest BCUT2D eigenvalue weighted by molar-refractivity contribution is 6.08. The first-order chi connectivity index (χ1) is 10.7. The minimum Gasteiger partial charge on any atom is -0.305 e. The van der Waals surface area contributed by atoms with Crippen molar-refractivity contribution in [1.29, 1.82) is 0 Å². The van der Waals surface area contributed by atoms with Crippen LogP contribution in [0.5, 0.6) is 0 Å². The van der Waals surface area contributed by atoms with Crippen LogP contribution in [0.4, 0.5) is 4.79 Å². The van der Waals surface area contributed by atoms with E-state index in [2.05, 4.69) is 19.6 Å². The van der Waals surface area contributed by atoms with Crippen LogP contribution in [-0.4, -0.2) is 27.3 Å². The van der Waals surface area contributed by atoms with E-state index in [0.29, 0.717) is 12.2 Å². The van der Waals surface area contributed by atoms with Gasteiger partial charge in [0.2, 0.25) is 0 Å². The van der Waals surface area contributed by atoms with E-state index in [1.54, 1.807) is 31.7 Å². The number of hydrogen-bond donors (Lipinski definition) is 0. The van der Waals surface area contributed by atoms with Crippen LogP contribution in [0, 0.1) is 13.8 Å². The van der Waals surface area contributed by atoms with E-state index in [1.807, 2.05) is 19.1 Å². The van der Waals surface area contributed by atoms with E-state index in [0.717, 1.165) is 5.56 Å². The zero-order valence-corrected chi connectivity index (χ0v) is 14.5. The number of amides is 3. The first-order valence-corrected chi connectivity index (χ1v) is 7.75. The maximum Gasteiger partial charge on any atom is 0.332 e. The maximum atomic E-state index is 12.8. The standard InChI is InChI=1S/C19H24N2O2/c1-7-16(8-2)21-17(22)19(5,6)20(18(21)23)12-15-10-9-13(3)14(4)11-15/h7-11H,1,12H2,2-6H3/b16-8+. The van der Waals surface area contributed by atoms with Crippen molar-refractivity contribution < 1.29 is 9.59 Å². The highest BCUT2D eigenvalue weighted by atomic mass is 16.2. The van der Waals surface area contributed by atoms with Crippen LogP contribution in [0.1, 0.15) is 37.5 Å². The zero-order valence-electron chi connectivity index (χ0n) is 14.5. The van der Waals surface area contributed by atoms with E-state index >= 15 is 0 Å². The van der Waals surface area contributed by atoms with Crippen molar-refractivity contribution in [2.75, 3.05) is 0 Å². The largest absolute Gasteiger partial charge is 0.332 e. The summed E-state index contributed by atoms with van der Waals surface area (Å²) < 4.78 is 0. The second-order valence-electron chi connectivity index (χ2n) is 6.40. The second kappa shape index (κ2) is 6.03. The van der Waals surface area contributed by atoms with E-state index in [-0.39, 0.29) is 11.9 Å². The summed E-state index contributed by atoms with van der Waals surface area (Å²) in [6.45, 7) is 13.5. The van der Waals surface area contributed by atoms with Gasteiger partial charge in [0.1, 0.15) is 5.54 Å². The topological polar surface area (TPSA) is 40.6 Å². The molecule has 0 saturated carbocycles. The molecular formula is C19H24N2O2. The quantitative estimate of drug-likeness (QED) is 0.624. The number of carbonyl (C=O) groups is 2. The van der Waals surface area contributed by atoms with Crippen LogP contribution in [-0.2, 0) is 11.3 Å². The second-order valence-corrected chi connectivity index (χ2v) is 6.40. The molecule has 0 aromatic heterocycles. The van der Waals surface area contributed by atoms with Gasteiger partial charge in [0.25, 0.3) is 5.91 Å². The van der Waals surface area contributed by atoms with Gasteiger partial charge in [-0.25, -0.2) is 9.69 Å². The Hall–Kier alpha value is -2.36. The molecular weight excluding hydrogens is 288 g/mol. The van der Waals surface area contributed by atoms with Crippen molar-refractivity contribution in [3.63, 3.8) is 0 Å². The predicted molar refractivity (Wildman–Crippen MR) is 91.7 cm³/mol. The van der Waals surface area contributed by atoms with Gasteiger partial charge in [0, 0.05) is 12.2 Å². The Morgan fingerprint density at radius 2 is 1.87 bits per heavy atom. The first kappa shape index (κ1) is 17.0. The average Bonchev–Trinajstić information content (AvgIpc) is 2.66. The van der Waals surface area contributed by atoms with E-state index in [1.165, 1.54) is 22.1 Å². The molecule has 0 N–H and O–H groups in total. The Morgan fingerprint density at radius 3 is 2.39 bits per heavy atom. The number of urea groups is 1. The smallest absolute Gasteiger partial charge is 0.305 e. The van der Waals surface area contributed by atoms with Gasteiger partial charge in [-0.2, -0.15) is 0 Å². The molecule has 1 aliphatic heterocycles. The molecule has 0 bridgehead atoms. The van der Waals surface area contributed by atoms with Gasteiger partial charge in [0.15, 0.2) is 0 Å². The van der Waals surface area contributed by atoms with Crippen LogP contribution in [0.3, 0.4) is 0 Å². The van der Waals surface area contributed by atoms with Gasteiger partial charge in [-0.3, -0.25) is 4.79 Å². The monoisotopic (exact) mass is 312 g/mol. The zero-order chi connectivity index (χ0) is 17.4. The van der Waals surface area contributed by atoms with Crippen molar-refractivity contribution >= 4 is 11.9 Å². The third-order valence-corrected chi connectivity index (χ3v) is 4.50. The molecule has 0 spiro atoms. The average molecular weight is 312 g/mol. The van der Waals surface area contributed by atoms with Gasteiger partial charge in [-0.05, 0) is 57.4 Å². The Labute approximate surface area is 138 Å². The molecule has 122 valence electrons. The number of benzene rings is 1. The van der Waals surface area contributed by atoms with Gasteiger partial charge < -0.3 is 4.90 Å². The molecule has 0 aliphatic carbocycles. The third kappa shape index (κ3) is 2.81. The van der Waals surface area contributed by atoms with Crippen molar-refractivity contribution in [2.24, 2.45) is 0 Å². The Bertz CT molecular complexity index is 701. The lowest BCUT2D eigenvalue weighted by molar-refractivity contribution is -0.130. The number of imide groups is 1. The molecule has 1 aromatic carbocycles. The molecule has 1 aromatic rings. The summed E-state index contributed by atoms with van der Waals surface area (Å²) in [4.78, 5) is 28.3. The molecule has 1 aliphatic rings. The Kier molecular flexibility index (Phi) is 4.46. The maximum absolute atomic E-state index is 12.8. The summed E-state index contributed by atoms with van der Waals surface area (Å²) in [6, 6.07) is 5.81. The first-order valence-electron chi connectivity index (χ1n) is 7.75.